The minimum absolute atomic E-state index is 0.927. The van der Waals surface area contributed by atoms with Crippen LogP contribution >= 0.6 is 11.3 Å². The smallest absolute Gasteiger partial charge is 0.136 e. The summed E-state index contributed by atoms with van der Waals surface area (Å²) in [5, 5.41) is 7.40. The fourth-order valence-corrected chi connectivity index (χ4v) is 7.47. The van der Waals surface area contributed by atoms with Gasteiger partial charge in [0.2, 0.25) is 0 Å². The highest BCUT2D eigenvalue weighted by Crippen LogP contribution is 2.41. The molecule has 0 aliphatic rings. The van der Waals surface area contributed by atoms with Crippen molar-refractivity contribution in [2.75, 3.05) is 0 Å². The highest BCUT2D eigenvalue weighted by Gasteiger charge is 2.16. The molecule has 0 N–H and O–H groups in total. The maximum atomic E-state index is 6.24. The van der Waals surface area contributed by atoms with E-state index >= 15 is 0 Å². The number of benzene rings is 6. The molecular formula is C36H21NOS. The predicted octanol–water partition coefficient (Wildman–Crippen LogP) is 10.7. The molecule has 0 amide bonds. The van der Waals surface area contributed by atoms with E-state index in [1.54, 1.807) is 0 Å². The lowest BCUT2D eigenvalue weighted by molar-refractivity contribution is 0.669. The van der Waals surface area contributed by atoms with Crippen LogP contribution in [0.3, 0.4) is 0 Å². The molecular weight excluding hydrogens is 494 g/mol. The molecule has 0 spiro atoms. The second kappa shape index (κ2) is 7.83. The summed E-state index contributed by atoms with van der Waals surface area (Å²) in [6.07, 6.45) is 0. The number of nitrogens with zero attached hydrogens (tertiary/aromatic N) is 1. The maximum Gasteiger partial charge on any atom is 0.136 e. The zero-order valence-corrected chi connectivity index (χ0v) is 21.7. The van der Waals surface area contributed by atoms with Crippen molar-refractivity contribution in [3.63, 3.8) is 0 Å². The number of thiophene rings is 1. The predicted molar refractivity (Wildman–Crippen MR) is 166 cm³/mol. The molecule has 9 rings (SSSR count). The van der Waals surface area contributed by atoms with Crippen LogP contribution in [0, 0.1) is 0 Å². The highest BCUT2D eigenvalue weighted by atomic mass is 32.1. The van der Waals surface area contributed by atoms with Crippen molar-refractivity contribution in [1.29, 1.82) is 0 Å². The average Bonchev–Trinajstić information content (AvgIpc) is 3.65. The van der Waals surface area contributed by atoms with E-state index < -0.39 is 0 Å². The van der Waals surface area contributed by atoms with Crippen molar-refractivity contribution in [1.82, 2.24) is 4.57 Å². The first kappa shape index (κ1) is 21.1. The van der Waals surface area contributed by atoms with Crippen LogP contribution in [0.5, 0.6) is 0 Å². The number of aromatic nitrogens is 1. The van der Waals surface area contributed by atoms with Gasteiger partial charge in [0.25, 0.3) is 0 Å². The fraction of sp³-hybridized carbons (Fsp3) is 0. The third kappa shape index (κ3) is 2.96. The Labute approximate surface area is 227 Å². The lowest BCUT2D eigenvalue weighted by Crippen LogP contribution is -1.93. The van der Waals surface area contributed by atoms with Crippen molar-refractivity contribution < 1.29 is 4.42 Å². The lowest BCUT2D eigenvalue weighted by atomic mass is 10.0. The van der Waals surface area contributed by atoms with Crippen LogP contribution in [0.1, 0.15) is 0 Å². The second-order valence-electron chi connectivity index (χ2n) is 10.1. The molecule has 39 heavy (non-hydrogen) atoms. The summed E-state index contributed by atoms with van der Waals surface area (Å²) < 4.78 is 11.3. The van der Waals surface area contributed by atoms with Crippen molar-refractivity contribution in [3.05, 3.63) is 127 Å². The average molecular weight is 516 g/mol. The van der Waals surface area contributed by atoms with Gasteiger partial charge in [-0.2, -0.15) is 0 Å². The highest BCUT2D eigenvalue weighted by molar-refractivity contribution is 7.26. The van der Waals surface area contributed by atoms with Crippen molar-refractivity contribution in [2.24, 2.45) is 0 Å². The number of furan rings is 1. The van der Waals surface area contributed by atoms with E-state index in [4.69, 9.17) is 4.42 Å². The Kier molecular flexibility index (Phi) is 4.24. The number of para-hydroxylation sites is 2. The Morgan fingerprint density at radius 1 is 0.487 bits per heavy atom. The third-order valence-electron chi connectivity index (χ3n) is 8.01. The van der Waals surface area contributed by atoms with Gasteiger partial charge in [0, 0.05) is 47.4 Å². The van der Waals surface area contributed by atoms with Gasteiger partial charge in [0.15, 0.2) is 0 Å². The first-order valence-electron chi connectivity index (χ1n) is 13.2. The van der Waals surface area contributed by atoms with Gasteiger partial charge >= 0.3 is 0 Å². The second-order valence-corrected chi connectivity index (χ2v) is 11.2. The zero-order valence-electron chi connectivity index (χ0n) is 20.9. The molecule has 0 atom stereocenters. The minimum Gasteiger partial charge on any atom is -0.456 e. The molecule has 2 nitrogen and oxygen atoms in total. The Balaban J connectivity index is 1.27. The molecule has 0 bridgehead atoms. The van der Waals surface area contributed by atoms with E-state index in [1.807, 2.05) is 23.5 Å². The molecule has 182 valence electrons. The van der Waals surface area contributed by atoms with Gasteiger partial charge in [-0.1, -0.05) is 84.9 Å². The maximum absolute atomic E-state index is 6.24. The van der Waals surface area contributed by atoms with Crippen molar-refractivity contribution >= 4 is 75.3 Å². The quantitative estimate of drug-likeness (QED) is 0.224. The summed E-state index contributed by atoms with van der Waals surface area (Å²) in [6.45, 7) is 0. The molecule has 6 aromatic carbocycles. The Morgan fingerprint density at radius 3 is 2.13 bits per heavy atom. The van der Waals surface area contributed by atoms with E-state index in [2.05, 4.69) is 120 Å². The third-order valence-corrected chi connectivity index (χ3v) is 9.23. The van der Waals surface area contributed by atoms with Crippen molar-refractivity contribution in [3.8, 4) is 16.8 Å². The van der Waals surface area contributed by atoms with Crippen LogP contribution in [0.2, 0.25) is 0 Å². The first-order valence-corrected chi connectivity index (χ1v) is 14.0. The molecule has 0 saturated carbocycles. The molecule has 0 aliphatic heterocycles. The van der Waals surface area contributed by atoms with Gasteiger partial charge in [0.1, 0.15) is 11.2 Å². The summed E-state index contributed by atoms with van der Waals surface area (Å²) in [5.74, 6) is 0. The van der Waals surface area contributed by atoms with Crippen LogP contribution in [0.25, 0.3) is 80.7 Å². The van der Waals surface area contributed by atoms with E-state index in [-0.39, 0.29) is 0 Å². The molecule has 0 fully saturated rings. The molecule has 0 radical (unpaired) electrons. The van der Waals surface area contributed by atoms with Gasteiger partial charge in [-0.15, -0.1) is 11.3 Å². The topological polar surface area (TPSA) is 18.1 Å². The SMILES string of the molecule is c1ccc2c(c1)oc1cc3c4ccccc4n(-c4ccc(-c5cccc6c5sc5ccccc56)cc4)c3cc12. The first-order chi connectivity index (χ1) is 19.3. The number of hydrogen-bond acceptors (Lipinski definition) is 2. The molecule has 3 heteroatoms. The summed E-state index contributed by atoms with van der Waals surface area (Å²) in [5.41, 5.74) is 7.92. The van der Waals surface area contributed by atoms with Crippen LogP contribution in [-0.4, -0.2) is 4.57 Å². The monoisotopic (exact) mass is 515 g/mol. The van der Waals surface area contributed by atoms with Gasteiger partial charge in [-0.25, -0.2) is 0 Å². The summed E-state index contributed by atoms with van der Waals surface area (Å²) in [4.78, 5) is 0. The van der Waals surface area contributed by atoms with Gasteiger partial charge < -0.3 is 8.98 Å². The van der Waals surface area contributed by atoms with Crippen LogP contribution in [-0.2, 0) is 0 Å². The minimum atomic E-state index is 0.927. The molecule has 0 aliphatic carbocycles. The Hall–Kier alpha value is -4.86. The largest absolute Gasteiger partial charge is 0.456 e. The standard InChI is InChI=1S/C36H21NOS/c1-4-13-31-25(8-1)29-21-34-30(26-9-2-5-14-33(26)38-34)20-32(29)37(31)23-18-16-22(17-19-23)24-11-7-12-28-27-10-3-6-15-35(27)39-36(24)28/h1-21H. The molecule has 0 saturated heterocycles. The molecule has 3 heterocycles. The molecule has 9 aromatic rings. The van der Waals surface area contributed by atoms with Gasteiger partial charge in [0.05, 0.1) is 11.0 Å². The van der Waals surface area contributed by atoms with E-state index in [1.165, 1.54) is 53.1 Å². The number of fused-ring (bicyclic) bond motifs is 9. The fourth-order valence-electron chi connectivity index (χ4n) is 6.23. The Bertz CT molecular complexity index is 2380. The van der Waals surface area contributed by atoms with Crippen LogP contribution in [0.4, 0.5) is 0 Å². The molecule has 3 aromatic heterocycles. The zero-order chi connectivity index (χ0) is 25.5. The number of rotatable bonds is 2. The van der Waals surface area contributed by atoms with Crippen molar-refractivity contribution in [2.45, 2.75) is 0 Å². The Morgan fingerprint density at radius 2 is 1.23 bits per heavy atom. The summed E-state index contributed by atoms with van der Waals surface area (Å²) >= 11 is 1.88. The molecule has 0 unspecified atom stereocenters. The summed E-state index contributed by atoms with van der Waals surface area (Å²) in [6, 6.07) is 45.8. The number of hydrogen-bond donors (Lipinski definition) is 0. The van der Waals surface area contributed by atoms with Crippen LogP contribution in [0.15, 0.2) is 132 Å². The lowest BCUT2D eigenvalue weighted by Gasteiger charge is -2.10. The van der Waals surface area contributed by atoms with Gasteiger partial charge in [-0.05, 0) is 53.6 Å². The van der Waals surface area contributed by atoms with Crippen LogP contribution < -0.4 is 0 Å². The van der Waals surface area contributed by atoms with E-state index in [9.17, 15) is 0 Å². The normalized spacial score (nSPS) is 12.1. The summed E-state index contributed by atoms with van der Waals surface area (Å²) in [7, 11) is 0. The van der Waals surface area contributed by atoms with E-state index in [0.29, 0.717) is 0 Å². The van der Waals surface area contributed by atoms with Gasteiger partial charge in [-0.3, -0.25) is 0 Å². The van der Waals surface area contributed by atoms with E-state index in [0.717, 1.165) is 27.6 Å².